The molecule has 0 amide bonds. The van der Waals surface area contributed by atoms with E-state index in [0.29, 0.717) is 0 Å². The monoisotopic (exact) mass is 1060 g/mol. The van der Waals surface area contributed by atoms with Crippen LogP contribution in [-0.4, -0.2) is 0 Å². The van der Waals surface area contributed by atoms with E-state index in [1.54, 1.807) is 0 Å². The van der Waals surface area contributed by atoms with Gasteiger partial charge in [0.05, 0.1) is 11.1 Å². The van der Waals surface area contributed by atoms with Crippen molar-refractivity contribution in [1.29, 1.82) is 0 Å². The van der Waals surface area contributed by atoms with Crippen LogP contribution in [0, 0.1) is 0 Å². The summed E-state index contributed by atoms with van der Waals surface area (Å²) in [4.78, 5) is 4.82. The molecule has 0 radical (unpaired) electrons. The van der Waals surface area contributed by atoms with Gasteiger partial charge in [-0.3, -0.25) is 0 Å². The SMILES string of the molecule is c1ccc(-c2cc(-c3ccc(N(c4ccccc4)c4cc5ccccc5c5ccccc45)cc3)c(-c3ccccc3)cc2-c2ccc(N(c3ccccc3)c3ccc4c(c3)C(c3ccccc3)(c3ccccc3)c3ccccc3-4)cc2)cc1. The van der Waals surface area contributed by atoms with Crippen molar-refractivity contribution in [2.24, 2.45) is 0 Å². The maximum atomic E-state index is 2.45. The lowest BCUT2D eigenvalue weighted by atomic mass is 9.67. The van der Waals surface area contributed by atoms with Crippen molar-refractivity contribution in [3.63, 3.8) is 0 Å². The highest BCUT2D eigenvalue weighted by molar-refractivity contribution is 6.14. The standard InChI is InChI=1S/C81H56N2/c1-7-25-57(26-8-1)74-56-77(60-45-49-67(50-46-60)83(65-36-17-6-18-37-65)80-53-61-29-19-20-38-69(61)70-39-21-22-41-73(70)80)75(58-27-9-2-10-28-58)55-76(74)59-43-47-66(48-44-59)82(64-34-15-5-16-35-64)68-51-52-72-71-40-23-24-42-78(71)81(79(72)54-68,62-30-11-3-12-31-62)63-32-13-4-14-33-63/h1-56H. The zero-order valence-electron chi connectivity index (χ0n) is 45.7. The molecule has 0 atom stereocenters. The van der Waals surface area contributed by atoms with Crippen molar-refractivity contribution in [3.05, 3.63) is 362 Å². The Kier molecular flexibility index (Phi) is 12.5. The molecule has 0 saturated heterocycles. The van der Waals surface area contributed by atoms with Crippen LogP contribution < -0.4 is 9.80 Å². The first-order valence-corrected chi connectivity index (χ1v) is 28.7. The Bertz CT molecular complexity index is 4580. The van der Waals surface area contributed by atoms with Crippen molar-refractivity contribution in [1.82, 2.24) is 0 Å². The number of para-hydroxylation sites is 2. The molecule has 0 saturated carbocycles. The van der Waals surface area contributed by atoms with Crippen LogP contribution in [0.15, 0.2) is 340 Å². The van der Waals surface area contributed by atoms with Gasteiger partial charge in [-0.2, -0.15) is 0 Å². The number of nitrogens with zero attached hydrogens (tertiary/aromatic N) is 2. The molecule has 0 fully saturated rings. The maximum absolute atomic E-state index is 2.45. The fourth-order valence-corrected chi connectivity index (χ4v) is 13.2. The third-order valence-corrected chi connectivity index (χ3v) is 16.9. The molecular formula is C81H56N2. The van der Waals surface area contributed by atoms with E-state index in [1.165, 1.54) is 71.6 Å². The molecule has 14 aromatic carbocycles. The van der Waals surface area contributed by atoms with Gasteiger partial charge in [0.1, 0.15) is 0 Å². The van der Waals surface area contributed by atoms with Crippen molar-refractivity contribution in [2.45, 2.75) is 5.41 Å². The van der Waals surface area contributed by atoms with Gasteiger partial charge in [0.2, 0.25) is 0 Å². The largest absolute Gasteiger partial charge is 0.310 e. The molecule has 2 heteroatoms. The van der Waals surface area contributed by atoms with Crippen molar-refractivity contribution < 1.29 is 0 Å². The van der Waals surface area contributed by atoms with Gasteiger partial charge in [0, 0.05) is 33.8 Å². The second-order valence-electron chi connectivity index (χ2n) is 21.5. The Hall–Kier alpha value is -10.8. The van der Waals surface area contributed by atoms with E-state index in [2.05, 4.69) is 350 Å². The topological polar surface area (TPSA) is 6.48 Å². The zero-order valence-corrected chi connectivity index (χ0v) is 45.7. The minimum atomic E-state index is -0.523. The minimum absolute atomic E-state index is 0.523. The van der Waals surface area contributed by atoms with E-state index >= 15 is 0 Å². The maximum Gasteiger partial charge on any atom is 0.0714 e. The van der Waals surface area contributed by atoms with Gasteiger partial charge in [-0.25, -0.2) is 0 Å². The number of hydrogen-bond acceptors (Lipinski definition) is 2. The van der Waals surface area contributed by atoms with Gasteiger partial charge >= 0.3 is 0 Å². The minimum Gasteiger partial charge on any atom is -0.310 e. The van der Waals surface area contributed by atoms with Gasteiger partial charge in [0.25, 0.3) is 0 Å². The molecule has 15 rings (SSSR count). The first kappa shape index (κ1) is 49.3. The molecule has 14 aromatic rings. The molecule has 0 heterocycles. The van der Waals surface area contributed by atoms with Gasteiger partial charge in [-0.15, -0.1) is 0 Å². The second-order valence-corrected chi connectivity index (χ2v) is 21.5. The average molecular weight is 1060 g/mol. The molecule has 0 bridgehead atoms. The summed E-state index contributed by atoms with van der Waals surface area (Å²) in [5.74, 6) is 0. The molecular weight excluding hydrogens is 1000 g/mol. The smallest absolute Gasteiger partial charge is 0.0714 e. The summed E-state index contributed by atoms with van der Waals surface area (Å²) in [6, 6.07) is 125. The normalized spacial score (nSPS) is 12.2. The molecule has 1 aliphatic carbocycles. The molecule has 1 aliphatic rings. The highest BCUT2D eigenvalue weighted by Gasteiger charge is 2.46. The molecule has 0 aromatic heterocycles. The first-order chi connectivity index (χ1) is 41.2. The number of benzene rings is 14. The van der Waals surface area contributed by atoms with E-state index in [0.717, 1.165) is 61.9 Å². The second kappa shape index (κ2) is 21.0. The highest BCUT2D eigenvalue weighted by Crippen LogP contribution is 2.57. The lowest BCUT2D eigenvalue weighted by Crippen LogP contribution is -2.28. The predicted molar refractivity (Wildman–Crippen MR) is 350 cm³/mol. The summed E-state index contributed by atoms with van der Waals surface area (Å²) in [6.45, 7) is 0. The first-order valence-electron chi connectivity index (χ1n) is 28.7. The van der Waals surface area contributed by atoms with E-state index in [1.807, 2.05) is 0 Å². The predicted octanol–water partition coefficient (Wildman–Crippen LogP) is 22.0. The van der Waals surface area contributed by atoms with Crippen molar-refractivity contribution >= 4 is 55.7 Å². The highest BCUT2D eigenvalue weighted by atomic mass is 15.1. The summed E-state index contributed by atoms with van der Waals surface area (Å²) < 4.78 is 0. The van der Waals surface area contributed by atoms with Crippen LogP contribution in [-0.2, 0) is 5.41 Å². The van der Waals surface area contributed by atoms with E-state index in [9.17, 15) is 0 Å². The Labute approximate surface area is 485 Å². The van der Waals surface area contributed by atoms with E-state index in [-0.39, 0.29) is 0 Å². The Morgan fingerprint density at radius 1 is 0.205 bits per heavy atom. The summed E-state index contributed by atoms with van der Waals surface area (Å²) in [5, 5.41) is 4.91. The number of anilines is 6. The van der Waals surface area contributed by atoms with Crippen LogP contribution in [0.25, 0.3) is 77.2 Å². The summed E-state index contributed by atoms with van der Waals surface area (Å²) >= 11 is 0. The summed E-state index contributed by atoms with van der Waals surface area (Å²) in [6.07, 6.45) is 0. The number of rotatable bonds is 12. The quantitative estimate of drug-likeness (QED) is 0.113. The molecule has 0 aliphatic heterocycles. The average Bonchev–Trinajstić information content (AvgIpc) is 3.11. The summed E-state index contributed by atoms with van der Waals surface area (Å²) in [7, 11) is 0. The zero-order chi connectivity index (χ0) is 55.1. The van der Waals surface area contributed by atoms with Crippen molar-refractivity contribution in [2.75, 3.05) is 9.80 Å². The number of fused-ring (bicyclic) bond motifs is 6. The lowest BCUT2D eigenvalue weighted by molar-refractivity contribution is 0.768. The Balaban J connectivity index is 0.863. The van der Waals surface area contributed by atoms with Crippen LogP contribution >= 0.6 is 0 Å². The Morgan fingerprint density at radius 2 is 0.578 bits per heavy atom. The fourth-order valence-electron chi connectivity index (χ4n) is 13.2. The third-order valence-electron chi connectivity index (χ3n) is 16.9. The molecule has 2 nitrogen and oxygen atoms in total. The van der Waals surface area contributed by atoms with Crippen LogP contribution in [0.1, 0.15) is 22.3 Å². The van der Waals surface area contributed by atoms with E-state index in [4.69, 9.17) is 0 Å². The van der Waals surface area contributed by atoms with Gasteiger partial charge < -0.3 is 9.80 Å². The molecule has 0 unspecified atom stereocenters. The fraction of sp³-hybridized carbons (Fsp3) is 0.0123. The number of hydrogen-bond donors (Lipinski definition) is 0. The molecule has 0 spiro atoms. The van der Waals surface area contributed by atoms with Crippen LogP contribution in [0.3, 0.4) is 0 Å². The third kappa shape index (κ3) is 8.59. The molecule has 0 N–H and O–H groups in total. The van der Waals surface area contributed by atoms with Gasteiger partial charge in [-0.1, -0.05) is 261 Å². The lowest BCUT2D eigenvalue weighted by Gasteiger charge is -2.35. The summed E-state index contributed by atoms with van der Waals surface area (Å²) in [5.41, 5.74) is 22.9. The van der Waals surface area contributed by atoms with Gasteiger partial charge in [0.15, 0.2) is 0 Å². The molecule has 83 heavy (non-hydrogen) atoms. The Morgan fingerprint density at radius 3 is 1.12 bits per heavy atom. The molecule has 390 valence electrons. The van der Waals surface area contributed by atoms with Crippen LogP contribution in [0.5, 0.6) is 0 Å². The van der Waals surface area contributed by atoms with E-state index < -0.39 is 5.41 Å². The van der Waals surface area contributed by atoms with Crippen LogP contribution in [0.4, 0.5) is 34.1 Å². The van der Waals surface area contributed by atoms with Gasteiger partial charge in [-0.05, 0) is 173 Å². The van der Waals surface area contributed by atoms with Crippen LogP contribution in [0.2, 0.25) is 0 Å². The van der Waals surface area contributed by atoms with Crippen molar-refractivity contribution in [3.8, 4) is 55.6 Å².